The van der Waals surface area contributed by atoms with Crippen molar-refractivity contribution in [2.75, 3.05) is 0 Å². The largest absolute Gasteiger partial charge is 0.356 e. The van der Waals surface area contributed by atoms with Crippen LogP contribution < -0.4 is 0 Å². The van der Waals surface area contributed by atoms with Crippen LogP contribution in [0.4, 0.5) is 0 Å². The number of aryl methyl sites for hydroxylation is 2. The van der Waals surface area contributed by atoms with E-state index in [9.17, 15) is 0 Å². The Morgan fingerprint density at radius 1 is 0.783 bits per heavy atom. The van der Waals surface area contributed by atoms with Crippen LogP contribution in [0, 0.1) is 13.8 Å². The summed E-state index contributed by atoms with van der Waals surface area (Å²) in [5.41, 5.74) is 7.60. The molecule has 0 saturated heterocycles. The maximum atomic E-state index is 4.54. The Balaban J connectivity index is 1.98. The molecule has 4 rings (SSSR count). The van der Waals surface area contributed by atoms with Crippen molar-refractivity contribution in [2.24, 2.45) is 0 Å². The molecule has 0 aliphatic heterocycles. The van der Waals surface area contributed by atoms with Crippen LogP contribution in [0.3, 0.4) is 0 Å². The predicted molar refractivity (Wildman–Crippen MR) is 94.2 cm³/mol. The van der Waals surface area contributed by atoms with Crippen molar-refractivity contribution in [3.05, 3.63) is 72.2 Å². The topological polar surface area (TPSA) is 41.6 Å². The molecule has 112 valence electrons. The van der Waals surface area contributed by atoms with Gasteiger partial charge in [-0.25, -0.2) is 9.97 Å². The van der Waals surface area contributed by atoms with E-state index in [4.69, 9.17) is 0 Å². The first-order chi connectivity index (χ1) is 11.2. The third kappa shape index (κ3) is 2.30. The first kappa shape index (κ1) is 13.7. The van der Waals surface area contributed by atoms with Gasteiger partial charge in [0, 0.05) is 22.2 Å². The summed E-state index contributed by atoms with van der Waals surface area (Å²) in [6.45, 7) is 4.17. The lowest BCUT2D eigenvalue weighted by molar-refractivity contribution is 1.23. The second-order valence-corrected chi connectivity index (χ2v) is 5.80. The summed E-state index contributed by atoms with van der Waals surface area (Å²) in [5, 5.41) is 1.09. The minimum absolute atomic E-state index is 0.972. The van der Waals surface area contributed by atoms with Gasteiger partial charge in [-0.15, -0.1) is 0 Å². The highest BCUT2D eigenvalue weighted by molar-refractivity contribution is 6.02. The number of fused-ring (bicyclic) bond motifs is 1. The number of H-pyrrole nitrogens is 1. The molecule has 0 atom stereocenters. The molecule has 0 spiro atoms. The molecule has 0 saturated carbocycles. The molecule has 4 aromatic rings. The average Bonchev–Trinajstić information content (AvgIpc) is 2.94. The highest BCUT2D eigenvalue weighted by Crippen LogP contribution is 2.34. The molecule has 0 fully saturated rings. The van der Waals surface area contributed by atoms with Gasteiger partial charge in [-0.05, 0) is 13.8 Å². The van der Waals surface area contributed by atoms with E-state index in [1.165, 1.54) is 5.56 Å². The van der Waals surface area contributed by atoms with Gasteiger partial charge in [-0.2, -0.15) is 0 Å². The summed E-state index contributed by atoms with van der Waals surface area (Å²) >= 11 is 0. The standard InChI is InChI=1S/C20H17N3/c1-13-8-10-16(11-9-13)19-20-17(14(2)23-19)18(21-12-22-20)15-6-4-3-5-7-15/h3-12,23H,1-2H3. The van der Waals surface area contributed by atoms with Gasteiger partial charge in [0.2, 0.25) is 0 Å². The highest BCUT2D eigenvalue weighted by Gasteiger charge is 2.15. The van der Waals surface area contributed by atoms with Crippen molar-refractivity contribution in [2.45, 2.75) is 13.8 Å². The Morgan fingerprint density at radius 3 is 2.26 bits per heavy atom. The summed E-state index contributed by atoms with van der Waals surface area (Å²) in [7, 11) is 0. The molecule has 0 amide bonds. The monoisotopic (exact) mass is 299 g/mol. The molecular formula is C20H17N3. The molecule has 0 radical (unpaired) electrons. The normalized spacial score (nSPS) is 11.0. The van der Waals surface area contributed by atoms with E-state index in [1.54, 1.807) is 6.33 Å². The number of rotatable bonds is 2. The Labute approximate surface area is 135 Å². The van der Waals surface area contributed by atoms with Crippen molar-refractivity contribution in [3.63, 3.8) is 0 Å². The van der Waals surface area contributed by atoms with Gasteiger partial charge in [0.1, 0.15) is 11.8 Å². The minimum atomic E-state index is 0.972. The van der Waals surface area contributed by atoms with Gasteiger partial charge in [0.15, 0.2) is 0 Å². The van der Waals surface area contributed by atoms with Gasteiger partial charge in [-0.3, -0.25) is 0 Å². The maximum absolute atomic E-state index is 4.54. The van der Waals surface area contributed by atoms with Crippen LogP contribution in [0.1, 0.15) is 11.3 Å². The van der Waals surface area contributed by atoms with E-state index in [-0.39, 0.29) is 0 Å². The molecule has 2 aromatic carbocycles. The number of hydrogen-bond acceptors (Lipinski definition) is 2. The molecule has 3 nitrogen and oxygen atoms in total. The summed E-state index contributed by atoms with van der Waals surface area (Å²) in [6, 6.07) is 18.8. The first-order valence-electron chi connectivity index (χ1n) is 7.70. The van der Waals surface area contributed by atoms with E-state index in [1.807, 2.05) is 18.2 Å². The van der Waals surface area contributed by atoms with Crippen LogP contribution in [0.15, 0.2) is 60.9 Å². The van der Waals surface area contributed by atoms with Gasteiger partial charge in [0.25, 0.3) is 0 Å². The fraction of sp³-hybridized carbons (Fsp3) is 0.100. The van der Waals surface area contributed by atoms with Crippen molar-refractivity contribution in [1.29, 1.82) is 0 Å². The molecule has 1 N–H and O–H groups in total. The summed E-state index contributed by atoms with van der Waals surface area (Å²) in [5.74, 6) is 0. The van der Waals surface area contributed by atoms with Crippen molar-refractivity contribution >= 4 is 10.9 Å². The van der Waals surface area contributed by atoms with E-state index >= 15 is 0 Å². The lowest BCUT2D eigenvalue weighted by Crippen LogP contribution is -1.88. The molecule has 2 aromatic heterocycles. The molecule has 0 aliphatic carbocycles. The third-order valence-corrected chi connectivity index (χ3v) is 4.16. The van der Waals surface area contributed by atoms with Crippen molar-refractivity contribution < 1.29 is 0 Å². The minimum Gasteiger partial charge on any atom is -0.356 e. The molecular weight excluding hydrogens is 282 g/mol. The predicted octanol–water partition coefficient (Wildman–Crippen LogP) is 4.91. The number of aromatic nitrogens is 3. The SMILES string of the molecule is Cc1ccc(-c2[nH]c(C)c3c(-c4ccccc4)ncnc23)cc1. The zero-order chi connectivity index (χ0) is 15.8. The van der Waals surface area contributed by atoms with Gasteiger partial charge < -0.3 is 4.98 Å². The Kier molecular flexibility index (Phi) is 3.19. The second-order valence-electron chi connectivity index (χ2n) is 5.80. The fourth-order valence-corrected chi connectivity index (χ4v) is 2.98. The third-order valence-electron chi connectivity index (χ3n) is 4.16. The zero-order valence-electron chi connectivity index (χ0n) is 13.2. The van der Waals surface area contributed by atoms with Crippen LogP contribution in [0.25, 0.3) is 33.4 Å². The number of nitrogens with zero attached hydrogens (tertiary/aromatic N) is 2. The van der Waals surface area contributed by atoms with Crippen LogP contribution in [-0.4, -0.2) is 15.0 Å². The molecule has 2 heterocycles. The van der Waals surface area contributed by atoms with Gasteiger partial charge in [0.05, 0.1) is 11.4 Å². The van der Waals surface area contributed by atoms with E-state index in [0.29, 0.717) is 0 Å². The quantitative estimate of drug-likeness (QED) is 0.571. The lowest BCUT2D eigenvalue weighted by Gasteiger charge is -2.03. The number of benzene rings is 2. The lowest BCUT2D eigenvalue weighted by atomic mass is 10.1. The second kappa shape index (κ2) is 5.36. The van der Waals surface area contributed by atoms with Crippen LogP contribution in [0.2, 0.25) is 0 Å². The smallest absolute Gasteiger partial charge is 0.116 e. The number of nitrogens with one attached hydrogen (secondary N) is 1. The summed E-state index contributed by atoms with van der Waals surface area (Å²) in [6.07, 6.45) is 1.65. The molecule has 0 bridgehead atoms. The van der Waals surface area contributed by atoms with Crippen LogP contribution >= 0.6 is 0 Å². The van der Waals surface area contributed by atoms with Crippen LogP contribution in [0.5, 0.6) is 0 Å². The fourth-order valence-electron chi connectivity index (χ4n) is 2.98. The Hall–Kier alpha value is -2.94. The van der Waals surface area contributed by atoms with E-state index < -0.39 is 0 Å². The summed E-state index contributed by atoms with van der Waals surface area (Å²) < 4.78 is 0. The van der Waals surface area contributed by atoms with Gasteiger partial charge in [-0.1, -0.05) is 60.2 Å². The molecule has 0 unspecified atom stereocenters. The average molecular weight is 299 g/mol. The Bertz CT molecular complexity index is 967. The van der Waals surface area contributed by atoms with E-state index in [0.717, 1.165) is 39.1 Å². The van der Waals surface area contributed by atoms with Gasteiger partial charge >= 0.3 is 0 Å². The molecule has 0 aliphatic rings. The number of hydrogen-bond donors (Lipinski definition) is 1. The first-order valence-corrected chi connectivity index (χ1v) is 7.70. The summed E-state index contributed by atoms with van der Waals surface area (Å²) in [4.78, 5) is 12.6. The zero-order valence-corrected chi connectivity index (χ0v) is 13.2. The molecule has 3 heteroatoms. The number of aromatic amines is 1. The van der Waals surface area contributed by atoms with Crippen molar-refractivity contribution in [3.8, 4) is 22.5 Å². The maximum Gasteiger partial charge on any atom is 0.116 e. The van der Waals surface area contributed by atoms with E-state index in [2.05, 4.69) is 65.2 Å². The van der Waals surface area contributed by atoms with Crippen LogP contribution in [-0.2, 0) is 0 Å². The van der Waals surface area contributed by atoms with Crippen molar-refractivity contribution in [1.82, 2.24) is 15.0 Å². The highest BCUT2D eigenvalue weighted by atomic mass is 14.9. The Morgan fingerprint density at radius 2 is 1.52 bits per heavy atom. The molecule has 23 heavy (non-hydrogen) atoms.